The van der Waals surface area contributed by atoms with Gasteiger partial charge in [0.15, 0.2) is 0 Å². The van der Waals surface area contributed by atoms with E-state index in [1.54, 1.807) is 0 Å². The summed E-state index contributed by atoms with van der Waals surface area (Å²) >= 11 is 0. The summed E-state index contributed by atoms with van der Waals surface area (Å²) in [4.78, 5) is 13.3. The number of rotatable bonds is 1. The van der Waals surface area contributed by atoms with Crippen LogP contribution in [0.2, 0.25) is 0 Å². The van der Waals surface area contributed by atoms with E-state index >= 15 is 0 Å². The van der Waals surface area contributed by atoms with Crippen molar-refractivity contribution in [1.82, 2.24) is 15.5 Å². The van der Waals surface area contributed by atoms with Crippen molar-refractivity contribution in [1.29, 1.82) is 0 Å². The average Bonchev–Trinajstić information content (AvgIpc) is 2.21. The first-order valence-electron chi connectivity index (χ1n) is 5.46. The second-order valence-corrected chi connectivity index (χ2v) is 4.49. The molecule has 2 fully saturated rings. The van der Waals surface area contributed by atoms with Crippen LogP contribution in [-0.4, -0.2) is 44.2 Å². The maximum Gasteiger partial charge on any atom is 0.314 e. The van der Waals surface area contributed by atoms with Crippen LogP contribution in [0.25, 0.3) is 0 Å². The van der Waals surface area contributed by atoms with Gasteiger partial charge in [-0.25, -0.2) is 4.79 Å². The molecule has 2 amide bonds. The van der Waals surface area contributed by atoms with Crippen LogP contribution in [0, 0.1) is 11.8 Å². The Labute approximate surface area is 85.0 Å². The smallest absolute Gasteiger partial charge is 0.314 e. The first-order valence-corrected chi connectivity index (χ1v) is 5.46. The Hall–Kier alpha value is -0.770. The highest BCUT2D eigenvalue weighted by Gasteiger charge is 2.28. The summed E-state index contributed by atoms with van der Waals surface area (Å²) in [6.45, 7) is 4.13. The Bertz CT molecular complexity index is 201. The molecule has 2 aliphatic heterocycles. The highest BCUT2D eigenvalue weighted by atomic mass is 16.2. The van der Waals surface area contributed by atoms with Gasteiger partial charge in [-0.2, -0.15) is 0 Å². The third kappa shape index (κ3) is 2.18. The van der Waals surface area contributed by atoms with E-state index in [0.29, 0.717) is 5.92 Å². The zero-order valence-electron chi connectivity index (χ0n) is 8.75. The molecule has 0 atom stereocenters. The first kappa shape index (κ1) is 9.77. The van der Waals surface area contributed by atoms with Gasteiger partial charge in [0.05, 0.1) is 0 Å². The molecule has 2 aliphatic rings. The number of carbonyl (C=O) groups is 1. The quantitative estimate of drug-likeness (QED) is 0.633. The first-order chi connectivity index (χ1) is 6.75. The van der Waals surface area contributed by atoms with Gasteiger partial charge in [-0.3, -0.25) is 0 Å². The van der Waals surface area contributed by atoms with E-state index in [4.69, 9.17) is 0 Å². The second kappa shape index (κ2) is 4.17. The minimum absolute atomic E-state index is 0.00539. The fraction of sp³-hybridized carbons (Fsp3) is 0.900. The fourth-order valence-electron chi connectivity index (χ4n) is 2.42. The van der Waals surface area contributed by atoms with E-state index in [2.05, 4.69) is 22.6 Å². The molecule has 2 N–H and O–H groups in total. The summed E-state index contributed by atoms with van der Waals surface area (Å²) in [7, 11) is 2.18. The van der Waals surface area contributed by atoms with Crippen LogP contribution in [0.15, 0.2) is 0 Å². The molecule has 0 spiro atoms. The lowest BCUT2D eigenvalue weighted by molar-refractivity contribution is 0.157. The van der Waals surface area contributed by atoms with E-state index < -0.39 is 0 Å². The fourth-order valence-corrected chi connectivity index (χ4v) is 2.42. The highest BCUT2D eigenvalue weighted by Crippen LogP contribution is 2.24. The second-order valence-electron chi connectivity index (χ2n) is 4.49. The third-order valence-corrected chi connectivity index (χ3v) is 3.48. The van der Waals surface area contributed by atoms with Gasteiger partial charge in [0.2, 0.25) is 0 Å². The Balaban J connectivity index is 1.81. The summed E-state index contributed by atoms with van der Waals surface area (Å²) in [6, 6.07) is -0.00539. The van der Waals surface area contributed by atoms with Gasteiger partial charge in [0.1, 0.15) is 0 Å². The molecule has 2 saturated heterocycles. The van der Waals surface area contributed by atoms with Crippen molar-refractivity contribution < 1.29 is 4.79 Å². The Morgan fingerprint density at radius 1 is 1.14 bits per heavy atom. The molecule has 0 unspecified atom stereocenters. The number of nitrogens with one attached hydrogen (secondary N) is 2. The lowest BCUT2D eigenvalue weighted by atomic mass is 9.83. The van der Waals surface area contributed by atoms with Crippen LogP contribution in [0.4, 0.5) is 4.79 Å². The topological polar surface area (TPSA) is 44.4 Å². The third-order valence-electron chi connectivity index (χ3n) is 3.48. The molecule has 80 valence electrons. The predicted octanol–water partition coefficient (Wildman–Crippen LogP) is 0.257. The summed E-state index contributed by atoms with van der Waals surface area (Å²) < 4.78 is 0. The van der Waals surface area contributed by atoms with Crippen LogP contribution in [0.3, 0.4) is 0 Å². The van der Waals surface area contributed by atoms with Gasteiger partial charge in [0.25, 0.3) is 0 Å². The highest BCUT2D eigenvalue weighted by molar-refractivity contribution is 5.74. The number of hydrogen-bond acceptors (Lipinski definition) is 2. The van der Waals surface area contributed by atoms with E-state index in [-0.39, 0.29) is 6.03 Å². The minimum atomic E-state index is -0.00539. The zero-order valence-corrected chi connectivity index (χ0v) is 8.75. The van der Waals surface area contributed by atoms with Crippen molar-refractivity contribution in [3.8, 4) is 0 Å². The Kier molecular flexibility index (Phi) is 2.91. The van der Waals surface area contributed by atoms with Crippen LogP contribution in [0.5, 0.6) is 0 Å². The van der Waals surface area contributed by atoms with Crippen molar-refractivity contribution in [2.24, 2.45) is 11.8 Å². The molecule has 0 radical (unpaired) electrons. The number of hydrogen-bond donors (Lipinski definition) is 2. The van der Waals surface area contributed by atoms with E-state index in [1.807, 2.05) is 0 Å². The largest absolute Gasteiger partial charge is 0.338 e. The number of urea groups is 1. The van der Waals surface area contributed by atoms with E-state index in [9.17, 15) is 4.79 Å². The normalized spacial score (nSPS) is 27.1. The average molecular weight is 197 g/mol. The monoisotopic (exact) mass is 197 g/mol. The van der Waals surface area contributed by atoms with Crippen LogP contribution < -0.4 is 10.6 Å². The molecule has 0 aliphatic carbocycles. The summed E-state index contributed by atoms with van der Waals surface area (Å²) in [5.41, 5.74) is 0. The van der Waals surface area contributed by atoms with Crippen molar-refractivity contribution in [2.75, 3.05) is 33.2 Å². The molecule has 0 bridgehead atoms. The van der Waals surface area contributed by atoms with E-state index in [0.717, 1.165) is 19.0 Å². The van der Waals surface area contributed by atoms with Crippen molar-refractivity contribution in [2.45, 2.75) is 12.8 Å². The molecule has 0 aromatic carbocycles. The number of piperidine rings is 1. The van der Waals surface area contributed by atoms with Gasteiger partial charge in [-0.1, -0.05) is 0 Å². The standard InChI is InChI=1S/C10H19N3O/c1-13-4-2-8(3-5-13)9-6-11-10(14)12-7-9/h8-9H,2-7H2,1H3,(H2,11,12,14). The van der Waals surface area contributed by atoms with Crippen LogP contribution in [-0.2, 0) is 0 Å². The van der Waals surface area contributed by atoms with Gasteiger partial charge in [-0.15, -0.1) is 0 Å². The molecule has 2 rings (SSSR count). The van der Waals surface area contributed by atoms with Crippen LogP contribution in [0.1, 0.15) is 12.8 Å². The van der Waals surface area contributed by atoms with Crippen molar-refractivity contribution in [3.63, 3.8) is 0 Å². The Morgan fingerprint density at radius 2 is 1.71 bits per heavy atom. The summed E-state index contributed by atoms with van der Waals surface area (Å²) in [6.07, 6.45) is 2.55. The number of likely N-dealkylation sites (tertiary alicyclic amines) is 1. The van der Waals surface area contributed by atoms with E-state index in [1.165, 1.54) is 25.9 Å². The van der Waals surface area contributed by atoms with Crippen LogP contribution >= 0.6 is 0 Å². The maximum atomic E-state index is 10.9. The molecule has 0 aromatic rings. The summed E-state index contributed by atoms with van der Waals surface area (Å²) in [5, 5.41) is 5.75. The molecular formula is C10H19N3O. The number of nitrogens with zero attached hydrogens (tertiary/aromatic N) is 1. The van der Waals surface area contributed by atoms with Crippen molar-refractivity contribution in [3.05, 3.63) is 0 Å². The molecular weight excluding hydrogens is 178 g/mol. The van der Waals surface area contributed by atoms with Crippen molar-refractivity contribution >= 4 is 6.03 Å². The van der Waals surface area contributed by atoms with Gasteiger partial charge >= 0.3 is 6.03 Å². The maximum absolute atomic E-state index is 10.9. The summed E-state index contributed by atoms with van der Waals surface area (Å²) in [5.74, 6) is 1.43. The zero-order chi connectivity index (χ0) is 9.97. The Morgan fingerprint density at radius 3 is 2.29 bits per heavy atom. The molecule has 0 saturated carbocycles. The van der Waals surface area contributed by atoms with Gasteiger partial charge in [0, 0.05) is 13.1 Å². The predicted molar refractivity (Wildman–Crippen MR) is 55.1 cm³/mol. The molecule has 2 heterocycles. The number of amides is 2. The molecule has 14 heavy (non-hydrogen) atoms. The lowest BCUT2D eigenvalue weighted by Gasteiger charge is -2.36. The molecule has 0 aromatic heterocycles. The molecule has 4 heteroatoms. The van der Waals surface area contributed by atoms with Gasteiger partial charge in [-0.05, 0) is 44.8 Å². The molecule has 4 nitrogen and oxygen atoms in total. The minimum Gasteiger partial charge on any atom is -0.338 e. The lowest BCUT2D eigenvalue weighted by Crippen LogP contribution is -2.51. The SMILES string of the molecule is CN1CCC(C2CNC(=O)NC2)CC1. The van der Waals surface area contributed by atoms with Gasteiger partial charge < -0.3 is 15.5 Å². The number of carbonyl (C=O) groups excluding carboxylic acids is 1.